The second-order valence-corrected chi connectivity index (χ2v) is 13.9. The van der Waals surface area contributed by atoms with Gasteiger partial charge in [0.05, 0.1) is 24.1 Å². The van der Waals surface area contributed by atoms with Crippen molar-refractivity contribution in [2.75, 3.05) is 36.1 Å². The van der Waals surface area contributed by atoms with E-state index >= 15 is 0 Å². The van der Waals surface area contributed by atoms with E-state index in [2.05, 4.69) is 30.8 Å². The lowest BCUT2D eigenvalue weighted by Crippen LogP contribution is -2.62. The number of alkyl halides is 3. The lowest BCUT2D eigenvalue weighted by Gasteiger charge is -2.61. The van der Waals surface area contributed by atoms with Crippen LogP contribution in [0.15, 0.2) is 42.6 Å². The third-order valence-electron chi connectivity index (χ3n) is 10.7. The molecule has 2 aromatic carbocycles. The molecule has 0 spiro atoms. The molecule has 1 aliphatic heterocycles. The molecule has 3 aromatic rings. The Morgan fingerprint density at radius 1 is 1.06 bits per heavy atom. The first-order chi connectivity index (χ1) is 22.5. The number of hydrogen-bond donors (Lipinski definition) is 4. The average Bonchev–Trinajstić information content (AvgIpc) is 3.02. The molecule has 8 rings (SSSR count). The van der Waals surface area contributed by atoms with E-state index in [0.717, 1.165) is 57.1 Å². The number of likely N-dealkylation sites (tertiary alicyclic amines) is 1. The second kappa shape index (κ2) is 12.3. The van der Waals surface area contributed by atoms with Crippen LogP contribution in [0, 0.1) is 24.7 Å². The van der Waals surface area contributed by atoms with Crippen LogP contribution in [0.2, 0.25) is 0 Å². The van der Waals surface area contributed by atoms with Crippen LogP contribution in [-0.2, 0) is 6.18 Å². The molecule has 2 unspecified atom stereocenters. The summed E-state index contributed by atoms with van der Waals surface area (Å²) in [5.41, 5.74) is 0.973. The van der Waals surface area contributed by atoms with Gasteiger partial charge >= 0.3 is 6.18 Å². The van der Waals surface area contributed by atoms with Gasteiger partial charge in [-0.05, 0) is 93.4 Å². The number of rotatable bonds is 9. The van der Waals surface area contributed by atoms with Crippen molar-refractivity contribution < 1.29 is 27.8 Å². The maximum absolute atomic E-state index is 13.9. The van der Waals surface area contributed by atoms with Gasteiger partial charge in [0.25, 0.3) is 0 Å². The van der Waals surface area contributed by atoms with Crippen LogP contribution >= 0.6 is 0 Å². The van der Waals surface area contributed by atoms with E-state index < -0.39 is 23.2 Å². The number of carbonyl (C=O) groups is 1. The van der Waals surface area contributed by atoms with Crippen LogP contribution in [0.25, 0.3) is 0 Å². The molecule has 0 radical (unpaired) electrons. The molecular formula is C35H41F3N6O3. The molecule has 4 aliphatic carbocycles. The molecule has 2 heterocycles. The predicted molar refractivity (Wildman–Crippen MR) is 174 cm³/mol. The van der Waals surface area contributed by atoms with Crippen molar-refractivity contribution >= 4 is 35.1 Å². The van der Waals surface area contributed by atoms with Crippen molar-refractivity contribution in [3.05, 3.63) is 59.3 Å². The van der Waals surface area contributed by atoms with Gasteiger partial charge in [0.2, 0.25) is 5.95 Å². The van der Waals surface area contributed by atoms with Gasteiger partial charge in [0.15, 0.2) is 6.29 Å². The summed E-state index contributed by atoms with van der Waals surface area (Å²) >= 11 is 0. The van der Waals surface area contributed by atoms with Gasteiger partial charge in [-0.15, -0.1) is 0 Å². The van der Waals surface area contributed by atoms with Crippen molar-refractivity contribution in [2.24, 2.45) is 17.8 Å². The molecule has 250 valence electrons. The molecule has 47 heavy (non-hydrogen) atoms. The Bertz CT molecular complexity index is 1630. The number of aryl methyl sites for hydroxylation is 1. The molecule has 4 N–H and O–H groups in total. The number of hydrogen-bond acceptors (Lipinski definition) is 9. The first kappa shape index (κ1) is 31.7. The highest BCUT2D eigenvalue weighted by molar-refractivity contribution is 5.87. The van der Waals surface area contributed by atoms with Crippen molar-refractivity contribution in [1.82, 2.24) is 14.9 Å². The fourth-order valence-electron chi connectivity index (χ4n) is 8.96. The summed E-state index contributed by atoms with van der Waals surface area (Å²) in [4.78, 5) is 22.4. The number of methoxy groups -OCH3 is 1. The first-order valence-electron chi connectivity index (χ1n) is 16.5. The second-order valence-electron chi connectivity index (χ2n) is 13.9. The molecule has 4 saturated carbocycles. The number of aliphatic hydroxyl groups is 1. The molecule has 1 saturated heterocycles. The topological polar surface area (TPSA) is 112 Å². The first-order valence-corrected chi connectivity index (χ1v) is 16.5. The summed E-state index contributed by atoms with van der Waals surface area (Å²) in [5.74, 6) is 1.90. The van der Waals surface area contributed by atoms with Crippen molar-refractivity contribution in [3.63, 3.8) is 0 Å². The van der Waals surface area contributed by atoms with Crippen LogP contribution in [0.5, 0.6) is 5.75 Å². The minimum absolute atomic E-state index is 0.0648. The molecule has 5 fully saturated rings. The van der Waals surface area contributed by atoms with Crippen molar-refractivity contribution in [2.45, 2.75) is 75.7 Å². The quantitative estimate of drug-likeness (QED) is 0.183. The van der Waals surface area contributed by atoms with E-state index in [0.29, 0.717) is 53.1 Å². The SMILES string of the molecule is COc1cc(NC2CCN(C3C4CC5CC3CC(O)(C5)C4)CC2)ccc1Nc1ncc(C(F)(F)F)c(Nc2c(C)cccc2C=O)n1. The van der Waals surface area contributed by atoms with Crippen molar-refractivity contribution in [3.8, 4) is 5.75 Å². The van der Waals surface area contributed by atoms with Crippen LogP contribution in [0.4, 0.5) is 42.0 Å². The Balaban J connectivity index is 1.02. The maximum atomic E-state index is 13.9. The Kier molecular flexibility index (Phi) is 8.28. The zero-order valence-corrected chi connectivity index (χ0v) is 26.6. The highest BCUT2D eigenvalue weighted by Gasteiger charge is 2.56. The number of benzene rings is 2. The van der Waals surface area contributed by atoms with Gasteiger partial charge in [-0.2, -0.15) is 18.2 Å². The number of para-hydroxylation sites is 1. The van der Waals surface area contributed by atoms with Crippen LogP contribution in [-0.4, -0.2) is 64.1 Å². The number of aromatic nitrogens is 2. The number of anilines is 5. The van der Waals surface area contributed by atoms with Crippen molar-refractivity contribution in [1.29, 1.82) is 0 Å². The number of aldehydes is 1. The highest BCUT2D eigenvalue weighted by Crippen LogP contribution is 2.57. The Hall–Kier alpha value is -3.90. The Labute approximate surface area is 272 Å². The number of carbonyl (C=O) groups excluding carboxylic acids is 1. The molecular weight excluding hydrogens is 609 g/mol. The maximum Gasteiger partial charge on any atom is 0.421 e. The van der Waals surface area contributed by atoms with E-state index in [1.165, 1.54) is 26.0 Å². The standard InChI is InChI=1S/C35H41F3N6O3/c1-20-4-3-5-22(19-45)30(20)42-32-27(35(36,37)38)18-39-33(43-32)41-28-7-6-26(14-29(28)47-2)40-25-8-10-44(11-9-25)31-23-12-21-13-24(31)17-34(46,15-21)16-23/h3-7,14,18-19,21,23-25,31,40,46H,8-13,15-17H2,1-2H3,(H2,39,41,42,43). The van der Waals surface area contributed by atoms with Gasteiger partial charge in [-0.1, -0.05) is 12.1 Å². The average molecular weight is 651 g/mol. The van der Waals surface area contributed by atoms with Gasteiger partial charge in [-0.25, -0.2) is 4.98 Å². The number of nitrogens with one attached hydrogen (secondary N) is 3. The van der Waals surface area contributed by atoms with Gasteiger partial charge in [-0.3, -0.25) is 9.69 Å². The summed E-state index contributed by atoms with van der Waals surface area (Å²) in [6, 6.07) is 11.3. The number of piperidine rings is 1. The van der Waals surface area contributed by atoms with Crippen LogP contribution < -0.4 is 20.7 Å². The third kappa shape index (κ3) is 6.37. The molecule has 1 aromatic heterocycles. The molecule has 4 bridgehead atoms. The summed E-state index contributed by atoms with van der Waals surface area (Å²) < 4.78 is 47.3. The van der Waals surface area contributed by atoms with E-state index in [1.807, 2.05) is 12.1 Å². The minimum atomic E-state index is -4.72. The smallest absolute Gasteiger partial charge is 0.421 e. The Morgan fingerprint density at radius 3 is 2.47 bits per heavy atom. The van der Waals surface area contributed by atoms with E-state index in [9.17, 15) is 23.1 Å². The largest absolute Gasteiger partial charge is 0.494 e. The van der Waals surface area contributed by atoms with Crippen LogP contribution in [0.1, 0.15) is 66.4 Å². The summed E-state index contributed by atoms with van der Waals surface area (Å²) in [7, 11) is 1.53. The normalized spacial score (nSPS) is 27.4. The molecule has 5 aliphatic rings. The predicted octanol–water partition coefficient (Wildman–Crippen LogP) is 6.93. The minimum Gasteiger partial charge on any atom is -0.494 e. The summed E-state index contributed by atoms with van der Waals surface area (Å²) in [6.07, 6.45) is 4.10. The molecule has 9 nitrogen and oxygen atoms in total. The molecule has 12 heteroatoms. The van der Waals surface area contributed by atoms with E-state index in [-0.39, 0.29) is 17.2 Å². The fourth-order valence-corrected chi connectivity index (χ4v) is 8.96. The zero-order chi connectivity index (χ0) is 32.9. The zero-order valence-electron chi connectivity index (χ0n) is 26.6. The summed E-state index contributed by atoms with van der Waals surface area (Å²) in [5, 5.41) is 20.4. The lowest BCUT2D eigenvalue weighted by atomic mass is 9.52. The third-order valence-corrected chi connectivity index (χ3v) is 10.7. The Morgan fingerprint density at radius 2 is 1.81 bits per heavy atom. The number of ether oxygens (including phenoxy) is 1. The highest BCUT2D eigenvalue weighted by atomic mass is 19.4. The number of nitrogens with zero attached hydrogens (tertiary/aromatic N) is 3. The van der Waals surface area contributed by atoms with Crippen LogP contribution in [0.3, 0.4) is 0 Å². The summed E-state index contributed by atoms with van der Waals surface area (Å²) in [6.45, 7) is 3.77. The van der Waals surface area contributed by atoms with Gasteiger partial charge < -0.3 is 25.8 Å². The van der Waals surface area contributed by atoms with Gasteiger partial charge in [0, 0.05) is 48.7 Å². The monoisotopic (exact) mass is 650 g/mol. The molecule has 0 amide bonds. The van der Waals surface area contributed by atoms with Gasteiger partial charge in [0.1, 0.15) is 17.1 Å². The molecule has 2 atom stereocenters. The fraction of sp³-hybridized carbons (Fsp3) is 0.514. The van der Waals surface area contributed by atoms with E-state index in [4.69, 9.17) is 4.74 Å². The van der Waals surface area contributed by atoms with E-state index in [1.54, 1.807) is 25.1 Å². The lowest BCUT2D eigenvalue weighted by molar-refractivity contribution is -0.161. The number of halogens is 3.